The van der Waals surface area contributed by atoms with E-state index in [1.165, 1.54) is 28.2 Å². The predicted octanol–water partition coefficient (Wildman–Crippen LogP) is 5.05. The van der Waals surface area contributed by atoms with Crippen LogP contribution in [0.2, 0.25) is 0 Å². The van der Waals surface area contributed by atoms with E-state index in [0.717, 1.165) is 88.7 Å². The molecule has 0 radical (unpaired) electrons. The highest BCUT2D eigenvalue weighted by Gasteiger charge is 2.22. The highest BCUT2D eigenvalue weighted by molar-refractivity contribution is 5.95. The molecule has 1 aromatic heterocycles. The lowest BCUT2D eigenvalue weighted by Gasteiger charge is -2.34. The Balaban J connectivity index is 1.04. The largest absolute Gasteiger partial charge is 0.504 e. The highest BCUT2D eigenvalue weighted by Crippen LogP contribution is 2.30. The van der Waals surface area contributed by atoms with Crippen molar-refractivity contribution in [1.29, 1.82) is 0 Å². The van der Waals surface area contributed by atoms with Crippen LogP contribution in [-0.2, 0) is 13.0 Å². The van der Waals surface area contributed by atoms with Gasteiger partial charge in [0.15, 0.2) is 11.5 Å². The van der Waals surface area contributed by atoms with Crippen LogP contribution >= 0.6 is 0 Å². The predicted molar refractivity (Wildman–Crippen MR) is 186 cm³/mol. The summed E-state index contributed by atoms with van der Waals surface area (Å²) in [6.07, 6.45) is 1.93. The molecule has 0 spiro atoms. The van der Waals surface area contributed by atoms with Gasteiger partial charge in [0.25, 0.3) is 5.91 Å². The number of aryl methyl sites for hydroxylation is 2. The number of amides is 1. The van der Waals surface area contributed by atoms with Crippen LogP contribution in [0, 0.1) is 13.8 Å². The molecule has 0 atom stereocenters. The first-order valence-corrected chi connectivity index (χ1v) is 16.6. The summed E-state index contributed by atoms with van der Waals surface area (Å²) in [6, 6.07) is 19.4. The van der Waals surface area contributed by atoms with Crippen molar-refractivity contribution in [3.8, 4) is 11.5 Å². The lowest BCUT2D eigenvalue weighted by atomic mass is 10.1. The van der Waals surface area contributed by atoms with E-state index < -0.39 is 0 Å². The molecule has 2 aliphatic rings. The number of phenols is 2. The monoisotopic (exact) mass is 624 g/mol. The molecule has 2 aliphatic heterocycles. The van der Waals surface area contributed by atoms with Gasteiger partial charge in [-0.2, -0.15) is 0 Å². The van der Waals surface area contributed by atoms with Crippen molar-refractivity contribution in [2.24, 2.45) is 0 Å². The minimum atomic E-state index is -0.0981. The number of piperazine rings is 2. The highest BCUT2D eigenvalue weighted by atomic mass is 16.3. The number of nitrogens with one attached hydrogen (secondary N) is 1. The average molecular weight is 625 g/mol. The van der Waals surface area contributed by atoms with Crippen molar-refractivity contribution < 1.29 is 15.0 Å². The van der Waals surface area contributed by atoms with Crippen molar-refractivity contribution in [3.63, 3.8) is 0 Å². The van der Waals surface area contributed by atoms with Crippen molar-refractivity contribution in [2.75, 3.05) is 77.8 Å². The minimum absolute atomic E-state index is 0.0577. The molecular weight excluding hydrogens is 576 g/mol. The van der Waals surface area contributed by atoms with Gasteiger partial charge in [0.1, 0.15) is 0 Å². The van der Waals surface area contributed by atoms with Crippen molar-refractivity contribution in [3.05, 3.63) is 83.0 Å². The van der Waals surface area contributed by atoms with Gasteiger partial charge in [0.2, 0.25) is 0 Å². The van der Waals surface area contributed by atoms with Crippen LogP contribution in [0.5, 0.6) is 11.5 Å². The lowest BCUT2D eigenvalue weighted by molar-refractivity contribution is 0.0638. The standard InChI is InChI=1S/C37H48N6O3/c1-27-28(2)43(14-5-13-40-18-16-39(3)17-19-40)34-10-9-32(26-33(27)34)38-31-7-4-6-30(25-31)37(46)42-22-20-41(21-23-42)15-12-29-8-11-35(44)36(45)24-29/h4,6-11,24-26,38,44-45H,5,12-23H2,1-3H3. The van der Waals surface area contributed by atoms with Crippen LogP contribution < -0.4 is 5.32 Å². The van der Waals surface area contributed by atoms with E-state index in [9.17, 15) is 15.0 Å². The third-order valence-electron chi connectivity index (χ3n) is 9.91. The van der Waals surface area contributed by atoms with Gasteiger partial charge in [-0.1, -0.05) is 12.1 Å². The van der Waals surface area contributed by atoms with Gasteiger partial charge in [-0.05, 0) is 99.9 Å². The Morgan fingerprint density at radius 3 is 2.24 bits per heavy atom. The number of nitrogens with zero attached hydrogens (tertiary/aromatic N) is 5. The molecule has 9 nitrogen and oxygen atoms in total. The van der Waals surface area contributed by atoms with Crippen molar-refractivity contribution >= 4 is 28.2 Å². The van der Waals surface area contributed by atoms with Crippen molar-refractivity contribution in [2.45, 2.75) is 33.2 Å². The fourth-order valence-electron chi connectivity index (χ4n) is 6.81. The van der Waals surface area contributed by atoms with E-state index >= 15 is 0 Å². The zero-order valence-electron chi connectivity index (χ0n) is 27.5. The third kappa shape index (κ3) is 7.33. The summed E-state index contributed by atoms with van der Waals surface area (Å²) in [6.45, 7) is 15.1. The molecule has 6 rings (SSSR count). The average Bonchev–Trinajstić information content (AvgIpc) is 3.30. The van der Waals surface area contributed by atoms with E-state index in [1.54, 1.807) is 6.07 Å². The maximum Gasteiger partial charge on any atom is 0.254 e. The molecule has 0 bridgehead atoms. The van der Waals surface area contributed by atoms with E-state index in [0.29, 0.717) is 18.7 Å². The van der Waals surface area contributed by atoms with Crippen molar-refractivity contribution in [1.82, 2.24) is 24.2 Å². The molecule has 3 aromatic carbocycles. The Bertz CT molecular complexity index is 1670. The molecule has 9 heteroatoms. The Hall–Kier alpha value is -4.05. The number of anilines is 2. The van der Waals surface area contributed by atoms with E-state index in [4.69, 9.17) is 0 Å². The number of hydrogen-bond acceptors (Lipinski definition) is 7. The maximum absolute atomic E-state index is 13.4. The normalized spacial score (nSPS) is 16.7. The molecule has 244 valence electrons. The molecule has 46 heavy (non-hydrogen) atoms. The number of aromatic hydroxyl groups is 2. The summed E-state index contributed by atoms with van der Waals surface area (Å²) in [5.41, 5.74) is 7.53. The molecule has 0 unspecified atom stereocenters. The van der Waals surface area contributed by atoms with Crippen LogP contribution in [0.25, 0.3) is 10.9 Å². The first-order valence-electron chi connectivity index (χ1n) is 16.6. The van der Waals surface area contributed by atoms with Crippen LogP contribution in [0.4, 0.5) is 11.4 Å². The lowest BCUT2D eigenvalue weighted by Crippen LogP contribution is -2.49. The van der Waals surface area contributed by atoms with E-state index in [1.807, 2.05) is 35.2 Å². The van der Waals surface area contributed by atoms with E-state index in [2.05, 4.69) is 63.7 Å². The summed E-state index contributed by atoms with van der Waals surface area (Å²) in [7, 11) is 2.21. The fourth-order valence-corrected chi connectivity index (χ4v) is 6.81. The number of benzene rings is 3. The zero-order valence-corrected chi connectivity index (χ0v) is 27.5. The Kier molecular flexibility index (Phi) is 9.82. The number of fused-ring (bicyclic) bond motifs is 1. The second-order valence-corrected chi connectivity index (χ2v) is 13.0. The Labute approximate surface area is 272 Å². The Morgan fingerprint density at radius 1 is 0.761 bits per heavy atom. The van der Waals surface area contributed by atoms with Crippen LogP contribution in [0.15, 0.2) is 60.7 Å². The SMILES string of the molecule is Cc1c(C)n(CCCN2CCN(C)CC2)c2ccc(Nc3cccc(C(=O)N4CCN(CCc5ccc(O)c(O)c5)CC4)c3)cc12. The first-order chi connectivity index (χ1) is 22.2. The number of likely N-dealkylation sites (N-methyl/N-ethyl adjacent to an activating group) is 1. The number of hydrogen-bond donors (Lipinski definition) is 3. The summed E-state index contributed by atoms with van der Waals surface area (Å²) in [4.78, 5) is 22.7. The third-order valence-corrected chi connectivity index (χ3v) is 9.91. The first kappa shape index (κ1) is 31.9. The van der Waals surface area contributed by atoms with Gasteiger partial charge >= 0.3 is 0 Å². The second kappa shape index (κ2) is 14.2. The summed E-state index contributed by atoms with van der Waals surface area (Å²) in [5, 5.41) is 24.1. The second-order valence-electron chi connectivity index (χ2n) is 13.0. The zero-order chi connectivity index (χ0) is 32.2. The molecule has 4 aromatic rings. The molecule has 1 amide bonds. The van der Waals surface area contributed by atoms with Gasteiger partial charge < -0.3 is 34.8 Å². The van der Waals surface area contributed by atoms with Crippen LogP contribution in [0.1, 0.15) is 33.6 Å². The quantitative estimate of drug-likeness (QED) is 0.213. The van der Waals surface area contributed by atoms with E-state index in [-0.39, 0.29) is 17.4 Å². The van der Waals surface area contributed by atoms with Gasteiger partial charge in [0, 0.05) is 99.0 Å². The van der Waals surface area contributed by atoms with Gasteiger partial charge in [-0.15, -0.1) is 0 Å². The molecule has 2 saturated heterocycles. The molecule has 3 N–H and O–H groups in total. The summed E-state index contributed by atoms with van der Waals surface area (Å²) >= 11 is 0. The molecule has 0 aliphatic carbocycles. The van der Waals surface area contributed by atoms with Gasteiger partial charge in [-0.3, -0.25) is 9.69 Å². The fraction of sp³-hybridized carbons (Fsp3) is 0.432. The van der Waals surface area contributed by atoms with Crippen LogP contribution in [-0.4, -0.2) is 113 Å². The number of carbonyl (C=O) groups excluding carboxylic acids is 1. The smallest absolute Gasteiger partial charge is 0.254 e. The topological polar surface area (TPSA) is 87.5 Å². The van der Waals surface area contributed by atoms with Gasteiger partial charge in [0.05, 0.1) is 0 Å². The van der Waals surface area contributed by atoms with Crippen LogP contribution in [0.3, 0.4) is 0 Å². The summed E-state index contributed by atoms with van der Waals surface area (Å²) < 4.78 is 2.47. The molecule has 2 fully saturated rings. The number of phenolic OH excluding ortho intramolecular Hbond substituents is 2. The molecule has 3 heterocycles. The molecular formula is C37H48N6O3. The summed E-state index contributed by atoms with van der Waals surface area (Å²) in [5.74, 6) is -0.126. The number of aromatic nitrogens is 1. The number of rotatable bonds is 10. The number of carbonyl (C=O) groups is 1. The Morgan fingerprint density at radius 2 is 1.48 bits per heavy atom. The molecule has 0 saturated carbocycles. The van der Waals surface area contributed by atoms with Gasteiger partial charge in [-0.25, -0.2) is 0 Å². The minimum Gasteiger partial charge on any atom is -0.504 e. The maximum atomic E-state index is 13.4.